The van der Waals surface area contributed by atoms with Gasteiger partial charge in [0.2, 0.25) is 0 Å². The molecular formula is C14H26O3. The van der Waals surface area contributed by atoms with E-state index in [0.29, 0.717) is 12.5 Å². The molecule has 3 heteroatoms. The van der Waals surface area contributed by atoms with Gasteiger partial charge in [-0.2, -0.15) is 0 Å². The van der Waals surface area contributed by atoms with Crippen molar-refractivity contribution >= 4 is 5.97 Å². The molecule has 0 spiro atoms. The Balaban J connectivity index is 2.03. The Morgan fingerprint density at radius 3 is 2.41 bits per heavy atom. The Bertz CT molecular complexity index is 224. The van der Waals surface area contributed by atoms with Crippen LogP contribution in [0.2, 0.25) is 0 Å². The summed E-state index contributed by atoms with van der Waals surface area (Å²) in [4.78, 5) is 11.4. The van der Waals surface area contributed by atoms with Gasteiger partial charge in [0, 0.05) is 6.42 Å². The smallest absolute Gasteiger partial charge is 0.307 e. The van der Waals surface area contributed by atoms with E-state index in [1.165, 1.54) is 19.3 Å². The maximum absolute atomic E-state index is 11.4. The maximum Gasteiger partial charge on any atom is 0.307 e. The third kappa shape index (κ3) is 7.37. The van der Waals surface area contributed by atoms with Gasteiger partial charge in [-0.05, 0) is 24.7 Å². The minimum Gasteiger partial charge on any atom is -0.438 e. The minimum atomic E-state index is -0.143. The molecule has 0 bridgehead atoms. The second-order valence-corrected chi connectivity index (χ2v) is 6.12. The van der Waals surface area contributed by atoms with Gasteiger partial charge in [0.1, 0.15) is 0 Å². The Morgan fingerprint density at radius 2 is 1.82 bits per heavy atom. The van der Waals surface area contributed by atoms with E-state index in [-0.39, 0.29) is 18.2 Å². The van der Waals surface area contributed by atoms with Gasteiger partial charge >= 0.3 is 5.97 Å². The number of esters is 1. The van der Waals surface area contributed by atoms with Crippen molar-refractivity contribution in [2.24, 2.45) is 5.41 Å². The summed E-state index contributed by atoms with van der Waals surface area (Å²) in [6.45, 7) is 6.50. The van der Waals surface area contributed by atoms with Crippen molar-refractivity contribution in [1.82, 2.24) is 0 Å². The lowest BCUT2D eigenvalue weighted by Crippen LogP contribution is -2.20. The lowest BCUT2D eigenvalue weighted by atomic mass is 9.91. The van der Waals surface area contributed by atoms with E-state index in [2.05, 4.69) is 20.8 Å². The predicted molar refractivity (Wildman–Crippen MR) is 67.6 cm³/mol. The minimum absolute atomic E-state index is 0.133. The summed E-state index contributed by atoms with van der Waals surface area (Å²) >= 11 is 0. The Morgan fingerprint density at radius 1 is 1.18 bits per heavy atom. The lowest BCUT2D eigenvalue weighted by molar-refractivity contribution is -0.162. The molecule has 17 heavy (non-hydrogen) atoms. The first-order valence-corrected chi connectivity index (χ1v) is 6.74. The highest BCUT2D eigenvalue weighted by atomic mass is 16.7. The molecule has 0 saturated heterocycles. The van der Waals surface area contributed by atoms with Crippen LogP contribution in [0.4, 0.5) is 0 Å². The standard InChI is InChI=1S/C14H26O3/c1-14(2,3)10-9-13(15)17-11-16-12-7-5-4-6-8-12/h12H,4-11H2,1-3H3. The summed E-state index contributed by atoms with van der Waals surface area (Å²) in [7, 11) is 0. The van der Waals surface area contributed by atoms with Crippen molar-refractivity contribution in [3.05, 3.63) is 0 Å². The number of rotatable bonds is 5. The molecular weight excluding hydrogens is 216 g/mol. The number of carbonyl (C=O) groups excluding carboxylic acids is 1. The maximum atomic E-state index is 11.4. The van der Waals surface area contributed by atoms with Crippen molar-refractivity contribution in [2.75, 3.05) is 6.79 Å². The zero-order valence-corrected chi connectivity index (χ0v) is 11.5. The average molecular weight is 242 g/mol. The largest absolute Gasteiger partial charge is 0.438 e. The summed E-state index contributed by atoms with van der Waals surface area (Å²) in [6, 6.07) is 0. The lowest BCUT2D eigenvalue weighted by Gasteiger charge is -2.22. The molecule has 0 aromatic heterocycles. The summed E-state index contributed by atoms with van der Waals surface area (Å²) in [5.41, 5.74) is 0.184. The van der Waals surface area contributed by atoms with Crippen LogP contribution >= 0.6 is 0 Å². The second-order valence-electron chi connectivity index (χ2n) is 6.12. The highest BCUT2D eigenvalue weighted by Gasteiger charge is 2.16. The number of carbonyl (C=O) groups is 1. The van der Waals surface area contributed by atoms with Crippen LogP contribution in [0.3, 0.4) is 0 Å². The number of ether oxygens (including phenoxy) is 2. The van der Waals surface area contributed by atoms with Crippen molar-refractivity contribution in [3.63, 3.8) is 0 Å². The van der Waals surface area contributed by atoms with Crippen LogP contribution in [-0.4, -0.2) is 18.9 Å². The van der Waals surface area contributed by atoms with Gasteiger partial charge in [-0.3, -0.25) is 4.79 Å². The van der Waals surface area contributed by atoms with Crippen molar-refractivity contribution in [2.45, 2.75) is 71.8 Å². The molecule has 0 amide bonds. The highest BCUT2D eigenvalue weighted by Crippen LogP contribution is 2.21. The fraction of sp³-hybridized carbons (Fsp3) is 0.929. The Hall–Kier alpha value is -0.570. The van der Waals surface area contributed by atoms with Crippen molar-refractivity contribution in [1.29, 1.82) is 0 Å². The van der Waals surface area contributed by atoms with Gasteiger partial charge in [0.05, 0.1) is 6.10 Å². The van der Waals surface area contributed by atoms with Crippen LogP contribution in [0.5, 0.6) is 0 Å². The van der Waals surface area contributed by atoms with Gasteiger partial charge in [0.15, 0.2) is 6.79 Å². The molecule has 1 saturated carbocycles. The van der Waals surface area contributed by atoms with Crippen LogP contribution in [0.1, 0.15) is 65.7 Å². The molecule has 1 fully saturated rings. The topological polar surface area (TPSA) is 35.5 Å². The van der Waals surface area contributed by atoms with Crippen LogP contribution in [-0.2, 0) is 14.3 Å². The Kier molecular flexibility index (Phi) is 5.96. The molecule has 3 nitrogen and oxygen atoms in total. The van der Waals surface area contributed by atoms with E-state index < -0.39 is 0 Å². The monoisotopic (exact) mass is 242 g/mol. The quantitative estimate of drug-likeness (QED) is 0.545. The highest BCUT2D eigenvalue weighted by molar-refractivity contribution is 5.69. The molecule has 1 rings (SSSR count). The van der Waals surface area contributed by atoms with Crippen LogP contribution in [0.25, 0.3) is 0 Å². The third-order valence-corrected chi connectivity index (χ3v) is 3.15. The SMILES string of the molecule is CC(C)(C)CCC(=O)OCOC1CCCCC1. The fourth-order valence-corrected chi connectivity index (χ4v) is 1.98. The molecule has 0 radical (unpaired) electrons. The fourth-order valence-electron chi connectivity index (χ4n) is 1.98. The molecule has 0 heterocycles. The molecule has 0 aromatic rings. The molecule has 0 N–H and O–H groups in total. The summed E-state index contributed by atoms with van der Waals surface area (Å²) in [6.07, 6.45) is 7.65. The van der Waals surface area contributed by atoms with Gasteiger partial charge in [-0.15, -0.1) is 0 Å². The molecule has 0 aliphatic heterocycles. The van der Waals surface area contributed by atoms with E-state index >= 15 is 0 Å². The van der Waals surface area contributed by atoms with Crippen molar-refractivity contribution < 1.29 is 14.3 Å². The van der Waals surface area contributed by atoms with E-state index in [0.717, 1.165) is 19.3 Å². The van der Waals surface area contributed by atoms with Crippen LogP contribution in [0.15, 0.2) is 0 Å². The molecule has 0 atom stereocenters. The van der Waals surface area contributed by atoms with E-state index in [1.807, 2.05) is 0 Å². The average Bonchev–Trinajstić information content (AvgIpc) is 2.27. The van der Waals surface area contributed by atoms with Gasteiger partial charge in [-0.1, -0.05) is 40.0 Å². The molecule has 0 aromatic carbocycles. The predicted octanol–water partition coefficient (Wildman–Crippen LogP) is 3.66. The van der Waals surface area contributed by atoms with E-state index in [9.17, 15) is 4.79 Å². The summed E-state index contributed by atoms with van der Waals surface area (Å²) in [5, 5.41) is 0. The van der Waals surface area contributed by atoms with E-state index in [1.54, 1.807) is 0 Å². The molecule has 1 aliphatic carbocycles. The zero-order chi connectivity index (χ0) is 12.7. The first kappa shape index (κ1) is 14.5. The third-order valence-electron chi connectivity index (χ3n) is 3.15. The zero-order valence-electron chi connectivity index (χ0n) is 11.5. The number of hydrogen-bond acceptors (Lipinski definition) is 3. The summed E-state index contributed by atoms with van der Waals surface area (Å²) in [5.74, 6) is -0.143. The Labute approximate surface area is 105 Å². The first-order valence-electron chi connectivity index (χ1n) is 6.74. The normalized spacial score (nSPS) is 18.1. The van der Waals surface area contributed by atoms with Gasteiger partial charge in [-0.25, -0.2) is 0 Å². The molecule has 1 aliphatic rings. The van der Waals surface area contributed by atoms with Crippen LogP contribution < -0.4 is 0 Å². The van der Waals surface area contributed by atoms with Gasteiger partial charge < -0.3 is 9.47 Å². The van der Waals surface area contributed by atoms with Gasteiger partial charge in [0.25, 0.3) is 0 Å². The second kappa shape index (κ2) is 7.00. The first-order chi connectivity index (χ1) is 7.97. The number of hydrogen-bond donors (Lipinski definition) is 0. The van der Waals surface area contributed by atoms with E-state index in [4.69, 9.17) is 9.47 Å². The molecule has 0 unspecified atom stereocenters. The van der Waals surface area contributed by atoms with Crippen molar-refractivity contribution in [3.8, 4) is 0 Å². The van der Waals surface area contributed by atoms with Crippen LogP contribution in [0, 0.1) is 5.41 Å². The molecule has 100 valence electrons. The summed E-state index contributed by atoms with van der Waals surface area (Å²) < 4.78 is 10.6.